The highest BCUT2D eigenvalue weighted by atomic mass is 32.2. The lowest BCUT2D eigenvalue weighted by molar-refractivity contribution is -0.114. The zero-order valence-electron chi connectivity index (χ0n) is 15.3. The molecule has 1 amide bonds. The third-order valence-corrected chi connectivity index (χ3v) is 6.10. The SMILES string of the molecule is CS(=O)(=O)c1ccccc1NC(=O)CNc1ccccc1Sc1ccccc1. The second-order valence-electron chi connectivity index (χ2n) is 6.08. The van der Waals surface area contributed by atoms with E-state index in [1.807, 2.05) is 54.6 Å². The molecule has 0 spiro atoms. The van der Waals surface area contributed by atoms with Crippen LogP contribution in [0.1, 0.15) is 0 Å². The van der Waals surface area contributed by atoms with E-state index in [1.54, 1.807) is 30.0 Å². The van der Waals surface area contributed by atoms with Gasteiger partial charge in [-0.15, -0.1) is 0 Å². The van der Waals surface area contributed by atoms with Gasteiger partial charge >= 0.3 is 0 Å². The zero-order valence-corrected chi connectivity index (χ0v) is 16.9. The molecule has 0 heterocycles. The summed E-state index contributed by atoms with van der Waals surface area (Å²) < 4.78 is 23.7. The lowest BCUT2D eigenvalue weighted by atomic mass is 10.3. The molecule has 0 aliphatic heterocycles. The molecule has 2 N–H and O–H groups in total. The first-order valence-electron chi connectivity index (χ1n) is 8.58. The van der Waals surface area contributed by atoms with Crippen LogP contribution in [0.25, 0.3) is 0 Å². The molecule has 3 aromatic rings. The van der Waals surface area contributed by atoms with E-state index in [4.69, 9.17) is 0 Å². The third kappa shape index (κ3) is 5.37. The van der Waals surface area contributed by atoms with E-state index in [0.29, 0.717) is 0 Å². The number of amides is 1. The Kier molecular flexibility index (Phi) is 6.38. The van der Waals surface area contributed by atoms with Gasteiger partial charge in [0.1, 0.15) is 0 Å². The normalized spacial score (nSPS) is 11.0. The summed E-state index contributed by atoms with van der Waals surface area (Å²) in [6.45, 7) is 0.0183. The standard InChI is InChI=1S/C21H20N2O3S2/c1-28(25,26)20-14-8-6-12-18(20)23-21(24)15-22-17-11-5-7-13-19(17)27-16-9-3-2-4-10-16/h2-14,22H,15H2,1H3,(H,23,24). The molecule has 0 fully saturated rings. The van der Waals surface area contributed by atoms with Gasteiger partial charge in [0.2, 0.25) is 5.91 Å². The van der Waals surface area contributed by atoms with E-state index in [2.05, 4.69) is 10.6 Å². The molecule has 0 aromatic heterocycles. The molecular formula is C21H20N2O3S2. The molecule has 0 atom stereocenters. The zero-order chi connectivity index (χ0) is 20.0. The number of carbonyl (C=O) groups excluding carboxylic acids is 1. The lowest BCUT2D eigenvalue weighted by Gasteiger charge is -2.13. The average Bonchev–Trinajstić information content (AvgIpc) is 2.68. The first-order chi connectivity index (χ1) is 13.4. The van der Waals surface area contributed by atoms with E-state index in [-0.39, 0.29) is 23.0 Å². The molecule has 3 aromatic carbocycles. The predicted octanol–water partition coefficient (Wildman–Crippen LogP) is 4.29. The summed E-state index contributed by atoms with van der Waals surface area (Å²) in [7, 11) is -3.43. The van der Waals surface area contributed by atoms with Gasteiger partial charge in [0, 0.05) is 21.7 Å². The molecule has 0 saturated heterocycles. The van der Waals surface area contributed by atoms with Crippen LogP contribution in [0.3, 0.4) is 0 Å². The van der Waals surface area contributed by atoms with Crippen LogP contribution in [-0.2, 0) is 14.6 Å². The van der Waals surface area contributed by atoms with Crippen molar-refractivity contribution in [1.29, 1.82) is 0 Å². The Hall–Kier alpha value is -2.77. The number of hydrogen-bond donors (Lipinski definition) is 2. The number of nitrogens with one attached hydrogen (secondary N) is 2. The predicted molar refractivity (Wildman–Crippen MR) is 114 cm³/mol. The molecule has 28 heavy (non-hydrogen) atoms. The summed E-state index contributed by atoms with van der Waals surface area (Å²) in [4.78, 5) is 14.6. The van der Waals surface area contributed by atoms with Crippen molar-refractivity contribution in [3.05, 3.63) is 78.9 Å². The number of benzene rings is 3. The van der Waals surface area contributed by atoms with Crippen LogP contribution < -0.4 is 10.6 Å². The molecule has 0 bridgehead atoms. The summed E-state index contributed by atoms with van der Waals surface area (Å²) in [5, 5.41) is 5.80. The molecule has 0 saturated carbocycles. The maximum Gasteiger partial charge on any atom is 0.243 e. The van der Waals surface area contributed by atoms with Gasteiger partial charge in [-0.2, -0.15) is 0 Å². The Morgan fingerprint density at radius 2 is 1.46 bits per heavy atom. The van der Waals surface area contributed by atoms with Crippen LogP contribution in [0.5, 0.6) is 0 Å². The van der Waals surface area contributed by atoms with Gasteiger partial charge in [0.05, 0.1) is 17.1 Å². The minimum Gasteiger partial charge on any atom is -0.375 e. The molecular weight excluding hydrogens is 392 g/mol. The van der Waals surface area contributed by atoms with E-state index in [0.717, 1.165) is 21.7 Å². The first-order valence-corrected chi connectivity index (χ1v) is 11.3. The Labute approximate surface area is 169 Å². The fourth-order valence-electron chi connectivity index (χ4n) is 2.58. The average molecular weight is 413 g/mol. The summed E-state index contributed by atoms with van der Waals surface area (Å²) >= 11 is 1.60. The monoisotopic (exact) mass is 412 g/mol. The van der Waals surface area contributed by atoms with Crippen molar-refractivity contribution >= 4 is 38.9 Å². The molecule has 0 aliphatic rings. The molecule has 0 aliphatic carbocycles. The Bertz CT molecular complexity index is 1070. The van der Waals surface area contributed by atoms with Gasteiger partial charge in [0.25, 0.3) is 0 Å². The number of para-hydroxylation sites is 2. The van der Waals surface area contributed by atoms with Crippen molar-refractivity contribution in [3.8, 4) is 0 Å². The highest BCUT2D eigenvalue weighted by Gasteiger charge is 2.14. The fraction of sp³-hybridized carbons (Fsp3) is 0.0952. The van der Waals surface area contributed by atoms with Crippen molar-refractivity contribution in [2.45, 2.75) is 14.7 Å². The van der Waals surface area contributed by atoms with Crippen LogP contribution in [0.2, 0.25) is 0 Å². The van der Waals surface area contributed by atoms with Crippen molar-refractivity contribution < 1.29 is 13.2 Å². The highest BCUT2D eigenvalue weighted by Crippen LogP contribution is 2.33. The fourth-order valence-corrected chi connectivity index (χ4v) is 4.37. The molecule has 144 valence electrons. The van der Waals surface area contributed by atoms with E-state index < -0.39 is 9.84 Å². The third-order valence-electron chi connectivity index (χ3n) is 3.86. The smallest absolute Gasteiger partial charge is 0.243 e. The number of hydrogen-bond acceptors (Lipinski definition) is 5. The minimum absolute atomic E-state index is 0.0183. The summed E-state index contributed by atoms with van der Waals surface area (Å²) in [6, 6.07) is 24.1. The molecule has 5 nitrogen and oxygen atoms in total. The Morgan fingerprint density at radius 1 is 0.857 bits per heavy atom. The van der Waals surface area contributed by atoms with Crippen LogP contribution in [0, 0.1) is 0 Å². The van der Waals surface area contributed by atoms with E-state index in [1.165, 1.54) is 6.07 Å². The van der Waals surface area contributed by atoms with Gasteiger partial charge in [-0.3, -0.25) is 4.79 Å². The Morgan fingerprint density at radius 3 is 2.18 bits per heavy atom. The highest BCUT2D eigenvalue weighted by molar-refractivity contribution is 7.99. The number of rotatable bonds is 7. The quantitative estimate of drug-likeness (QED) is 0.605. The first kappa shape index (κ1) is 20.0. The van der Waals surface area contributed by atoms with Crippen LogP contribution in [-0.4, -0.2) is 27.1 Å². The van der Waals surface area contributed by atoms with Gasteiger partial charge in [-0.05, 0) is 36.4 Å². The van der Waals surface area contributed by atoms with Gasteiger partial charge < -0.3 is 10.6 Å². The van der Waals surface area contributed by atoms with Gasteiger partial charge in [0.15, 0.2) is 9.84 Å². The summed E-state index contributed by atoms with van der Waals surface area (Å²) in [6.07, 6.45) is 1.12. The maximum absolute atomic E-state index is 12.4. The minimum atomic E-state index is -3.43. The molecule has 7 heteroatoms. The summed E-state index contributed by atoms with van der Waals surface area (Å²) in [5.74, 6) is -0.324. The Balaban J connectivity index is 1.68. The summed E-state index contributed by atoms with van der Waals surface area (Å²) in [5.41, 5.74) is 1.12. The van der Waals surface area contributed by atoms with Crippen molar-refractivity contribution in [1.82, 2.24) is 0 Å². The second kappa shape index (κ2) is 8.95. The van der Waals surface area contributed by atoms with Crippen molar-refractivity contribution in [2.75, 3.05) is 23.4 Å². The number of carbonyl (C=O) groups is 1. The lowest BCUT2D eigenvalue weighted by Crippen LogP contribution is -2.23. The van der Waals surface area contributed by atoms with Crippen molar-refractivity contribution in [2.24, 2.45) is 0 Å². The molecule has 3 rings (SSSR count). The largest absolute Gasteiger partial charge is 0.375 e. The van der Waals surface area contributed by atoms with E-state index in [9.17, 15) is 13.2 Å². The van der Waals surface area contributed by atoms with Crippen LogP contribution >= 0.6 is 11.8 Å². The molecule has 0 radical (unpaired) electrons. The number of sulfone groups is 1. The van der Waals surface area contributed by atoms with Crippen LogP contribution in [0.4, 0.5) is 11.4 Å². The van der Waals surface area contributed by atoms with Crippen LogP contribution in [0.15, 0.2) is 93.5 Å². The van der Waals surface area contributed by atoms with E-state index >= 15 is 0 Å². The second-order valence-corrected chi connectivity index (χ2v) is 9.18. The topological polar surface area (TPSA) is 75.3 Å². The molecule has 0 unspecified atom stereocenters. The number of anilines is 2. The van der Waals surface area contributed by atoms with Gasteiger partial charge in [-0.1, -0.05) is 54.2 Å². The van der Waals surface area contributed by atoms with Crippen molar-refractivity contribution in [3.63, 3.8) is 0 Å². The van der Waals surface area contributed by atoms with Gasteiger partial charge in [-0.25, -0.2) is 8.42 Å². The maximum atomic E-state index is 12.4.